The third-order valence-corrected chi connectivity index (χ3v) is 7.05. The number of hydrogen-bond donors (Lipinski definition) is 1. The second-order valence-electron chi connectivity index (χ2n) is 6.42. The fourth-order valence-electron chi connectivity index (χ4n) is 3.04. The Kier molecular flexibility index (Phi) is 6.29. The van der Waals surface area contributed by atoms with E-state index in [1.54, 1.807) is 12.1 Å². The van der Waals surface area contributed by atoms with Crippen molar-refractivity contribution < 1.29 is 17.6 Å². The summed E-state index contributed by atoms with van der Waals surface area (Å²) in [6.45, 7) is 1.02. The molecule has 1 heterocycles. The molecule has 1 amide bonds. The molecule has 1 saturated heterocycles. The van der Waals surface area contributed by atoms with Gasteiger partial charge < -0.3 is 5.32 Å². The SMILES string of the molecule is O=C(Nc1cccc(S(=O)(=O)N2CCCCCC2)c1)c1cc(F)ccc1Br. The van der Waals surface area contributed by atoms with Gasteiger partial charge in [0, 0.05) is 23.2 Å². The number of anilines is 1. The van der Waals surface area contributed by atoms with E-state index in [0.29, 0.717) is 23.2 Å². The number of amides is 1. The Labute approximate surface area is 166 Å². The summed E-state index contributed by atoms with van der Waals surface area (Å²) in [5.41, 5.74) is 0.475. The van der Waals surface area contributed by atoms with E-state index in [4.69, 9.17) is 0 Å². The van der Waals surface area contributed by atoms with Crippen molar-refractivity contribution in [1.82, 2.24) is 4.31 Å². The average Bonchev–Trinajstić information content (AvgIpc) is 2.94. The standard InChI is InChI=1S/C19H20BrFN2O3S/c20-18-9-8-14(21)12-17(18)19(24)22-15-6-5-7-16(13-15)27(25,26)23-10-3-1-2-4-11-23/h5-9,12-13H,1-4,10-11H2,(H,22,24). The first-order valence-electron chi connectivity index (χ1n) is 8.74. The molecule has 0 aromatic heterocycles. The molecule has 0 unspecified atom stereocenters. The minimum absolute atomic E-state index is 0.135. The first-order valence-corrected chi connectivity index (χ1v) is 11.0. The quantitative estimate of drug-likeness (QED) is 0.743. The number of benzene rings is 2. The van der Waals surface area contributed by atoms with Crippen LogP contribution in [-0.2, 0) is 10.0 Å². The fraction of sp³-hybridized carbons (Fsp3) is 0.316. The second-order valence-corrected chi connectivity index (χ2v) is 9.22. The van der Waals surface area contributed by atoms with Gasteiger partial charge in [0.05, 0.1) is 10.5 Å². The Morgan fingerprint density at radius 3 is 2.44 bits per heavy atom. The second kappa shape index (κ2) is 8.50. The highest BCUT2D eigenvalue weighted by atomic mass is 79.9. The largest absolute Gasteiger partial charge is 0.322 e. The molecule has 0 radical (unpaired) electrons. The molecule has 2 aromatic carbocycles. The maximum Gasteiger partial charge on any atom is 0.256 e. The van der Waals surface area contributed by atoms with Gasteiger partial charge in [-0.1, -0.05) is 18.9 Å². The van der Waals surface area contributed by atoms with Crippen LogP contribution in [-0.4, -0.2) is 31.7 Å². The third-order valence-electron chi connectivity index (χ3n) is 4.47. The number of halogens is 2. The van der Waals surface area contributed by atoms with Crippen molar-refractivity contribution in [2.75, 3.05) is 18.4 Å². The topological polar surface area (TPSA) is 66.5 Å². The van der Waals surface area contributed by atoms with E-state index in [0.717, 1.165) is 31.7 Å². The van der Waals surface area contributed by atoms with Gasteiger partial charge in [-0.05, 0) is 65.2 Å². The van der Waals surface area contributed by atoms with E-state index in [-0.39, 0.29) is 10.5 Å². The summed E-state index contributed by atoms with van der Waals surface area (Å²) < 4.78 is 41.2. The van der Waals surface area contributed by atoms with Crippen molar-refractivity contribution in [3.63, 3.8) is 0 Å². The number of rotatable bonds is 4. The van der Waals surface area contributed by atoms with Crippen LogP contribution in [0.4, 0.5) is 10.1 Å². The lowest BCUT2D eigenvalue weighted by Gasteiger charge is -2.20. The number of hydrogen-bond acceptors (Lipinski definition) is 3. The van der Waals surface area contributed by atoms with Crippen molar-refractivity contribution >= 4 is 37.5 Å². The molecule has 27 heavy (non-hydrogen) atoms. The van der Waals surface area contributed by atoms with Gasteiger partial charge in [0.2, 0.25) is 10.0 Å². The molecule has 0 bridgehead atoms. The summed E-state index contributed by atoms with van der Waals surface area (Å²) in [6, 6.07) is 9.96. The lowest BCUT2D eigenvalue weighted by Crippen LogP contribution is -2.32. The van der Waals surface area contributed by atoms with Crippen molar-refractivity contribution in [2.24, 2.45) is 0 Å². The Hall–Kier alpha value is -1.77. The van der Waals surface area contributed by atoms with E-state index in [1.807, 2.05) is 0 Å². The molecule has 2 aromatic rings. The van der Waals surface area contributed by atoms with Gasteiger partial charge >= 0.3 is 0 Å². The van der Waals surface area contributed by atoms with Crippen LogP contribution in [0.1, 0.15) is 36.0 Å². The van der Waals surface area contributed by atoms with Crippen LogP contribution < -0.4 is 5.32 Å². The molecular weight excluding hydrogens is 435 g/mol. The van der Waals surface area contributed by atoms with Crippen LogP contribution in [0.3, 0.4) is 0 Å². The first kappa shape index (κ1) is 20.0. The van der Waals surface area contributed by atoms with Crippen LogP contribution in [0.15, 0.2) is 51.8 Å². The summed E-state index contributed by atoms with van der Waals surface area (Å²) in [5.74, 6) is -1.05. The summed E-state index contributed by atoms with van der Waals surface area (Å²) in [5, 5.41) is 2.64. The predicted octanol–water partition coefficient (Wildman–Crippen LogP) is 4.41. The highest BCUT2D eigenvalue weighted by Gasteiger charge is 2.25. The van der Waals surface area contributed by atoms with Gasteiger partial charge in [-0.25, -0.2) is 12.8 Å². The lowest BCUT2D eigenvalue weighted by atomic mass is 10.2. The number of sulfonamides is 1. The molecule has 0 saturated carbocycles. The number of nitrogens with one attached hydrogen (secondary N) is 1. The summed E-state index contributed by atoms with van der Waals surface area (Å²) in [4.78, 5) is 12.6. The molecule has 144 valence electrons. The molecule has 1 aliphatic rings. The monoisotopic (exact) mass is 454 g/mol. The summed E-state index contributed by atoms with van der Waals surface area (Å²) in [7, 11) is -3.61. The fourth-order valence-corrected chi connectivity index (χ4v) is 5.03. The summed E-state index contributed by atoms with van der Waals surface area (Å²) in [6.07, 6.45) is 3.77. The Morgan fingerprint density at radius 1 is 1.04 bits per heavy atom. The van der Waals surface area contributed by atoms with E-state index < -0.39 is 21.7 Å². The molecule has 0 atom stereocenters. The Bertz CT molecular complexity index is 942. The molecule has 0 spiro atoms. The van der Waals surface area contributed by atoms with Gasteiger partial charge in [-0.3, -0.25) is 4.79 Å². The van der Waals surface area contributed by atoms with Crippen LogP contribution in [0.5, 0.6) is 0 Å². The maximum absolute atomic E-state index is 13.4. The minimum atomic E-state index is -3.61. The summed E-state index contributed by atoms with van der Waals surface area (Å²) >= 11 is 3.22. The van der Waals surface area contributed by atoms with E-state index in [9.17, 15) is 17.6 Å². The molecule has 1 aliphatic heterocycles. The molecule has 3 rings (SSSR count). The highest BCUT2D eigenvalue weighted by molar-refractivity contribution is 9.10. The van der Waals surface area contributed by atoms with Crippen LogP contribution in [0.2, 0.25) is 0 Å². The van der Waals surface area contributed by atoms with Crippen molar-refractivity contribution in [2.45, 2.75) is 30.6 Å². The zero-order valence-electron chi connectivity index (χ0n) is 14.6. The molecule has 8 heteroatoms. The van der Waals surface area contributed by atoms with Crippen LogP contribution >= 0.6 is 15.9 Å². The van der Waals surface area contributed by atoms with Crippen LogP contribution in [0.25, 0.3) is 0 Å². The number of carbonyl (C=O) groups is 1. The van der Waals surface area contributed by atoms with Gasteiger partial charge in [-0.2, -0.15) is 4.31 Å². The molecule has 5 nitrogen and oxygen atoms in total. The third kappa shape index (κ3) is 4.75. The minimum Gasteiger partial charge on any atom is -0.322 e. The Morgan fingerprint density at radius 2 is 1.74 bits per heavy atom. The van der Waals surface area contributed by atoms with Crippen molar-refractivity contribution in [3.8, 4) is 0 Å². The lowest BCUT2D eigenvalue weighted by molar-refractivity contribution is 0.102. The van der Waals surface area contributed by atoms with E-state index >= 15 is 0 Å². The van der Waals surface area contributed by atoms with Crippen molar-refractivity contribution in [3.05, 3.63) is 58.3 Å². The molecule has 1 fully saturated rings. The average molecular weight is 455 g/mol. The highest BCUT2D eigenvalue weighted by Crippen LogP contribution is 2.24. The van der Waals surface area contributed by atoms with Crippen LogP contribution in [0, 0.1) is 5.82 Å². The van der Waals surface area contributed by atoms with Gasteiger partial charge in [0.25, 0.3) is 5.91 Å². The zero-order chi connectivity index (χ0) is 19.4. The predicted molar refractivity (Wildman–Crippen MR) is 106 cm³/mol. The van der Waals surface area contributed by atoms with Crippen molar-refractivity contribution in [1.29, 1.82) is 0 Å². The van der Waals surface area contributed by atoms with Gasteiger partial charge in [0.15, 0.2) is 0 Å². The zero-order valence-corrected chi connectivity index (χ0v) is 17.0. The number of carbonyl (C=O) groups excluding carboxylic acids is 1. The van der Waals surface area contributed by atoms with E-state index in [2.05, 4.69) is 21.2 Å². The Balaban J connectivity index is 1.83. The van der Waals surface area contributed by atoms with Gasteiger partial charge in [-0.15, -0.1) is 0 Å². The van der Waals surface area contributed by atoms with Gasteiger partial charge in [0.1, 0.15) is 5.82 Å². The smallest absolute Gasteiger partial charge is 0.256 e. The molecule has 0 aliphatic carbocycles. The molecular formula is C19H20BrFN2O3S. The first-order chi connectivity index (χ1) is 12.9. The molecule has 1 N–H and O–H groups in total. The van der Waals surface area contributed by atoms with E-state index in [1.165, 1.54) is 28.6 Å². The normalized spacial score (nSPS) is 15.9. The maximum atomic E-state index is 13.4. The number of nitrogens with zero attached hydrogens (tertiary/aromatic N) is 1.